The molecule has 100 valence electrons. The average molecular weight is 294 g/mol. The first-order chi connectivity index (χ1) is 9.00. The molecule has 1 unspecified atom stereocenters. The molecule has 0 bridgehead atoms. The molecule has 1 heterocycles. The van der Waals surface area contributed by atoms with Gasteiger partial charge in [-0.05, 0) is 30.9 Å². The third-order valence-corrected chi connectivity index (χ3v) is 4.54. The summed E-state index contributed by atoms with van der Waals surface area (Å²) < 4.78 is 0. The third-order valence-electron chi connectivity index (χ3n) is 2.90. The van der Waals surface area contributed by atoms with Gasteiger partial charge in [0.25, 0.3) is 0 Å². The molecule has 0 saturated carbocycles. The second kappa shape index (κ2) is 5.76. The van der Waals surface area contributed by atoms with Gasteiger partial charge >= 0.3 is 0 Å². The van der Waals surface area contributed by atoms with Crippen molar-refractivity contribution in [3.05, 3.63) is 58.3 Å². The van der Waals surface area contributed by atoms with Crippen LogP contribution >= 0.6 is 22.9 Å². The first-order valence-corrected chi connectivity index (χ1v) is 7.37. The van der Waals surface area contributed by atoms with E-state index < -0.39 is 10.9 Å². The molecule has 0 aliphatic heterocycles. The Hall–Kier alpha value is -1.32. The molecule has 19 heavy (non-hydrogen) atoms. The van der Waals surface area contributed by atoms with Crippen molar-refractivity contribution in [2.75, 3.05) is 0 Å². The summed E-state index contributed by atoms with van der Waals surface area (Å²) in [6.07, 6.45) is 0. The first-order valence-electron chi connectivity index (χ1n) is 6.06. The van der Waals surface area contributed by atoms with Crippen LogP contribution in [0.1, 0.15) is 29.7 Å². The number of hydrogen-bond donors (Lipinski definition) is 1. The number of nitrogens with one attached hydrogen (secondary N) is 1. The highest BCUT2D eigenvalue weighted by atomic mass is 35.5. The van der Waals surface area contributed by atoms with Crippen LogP contribution in [0.5, 0.6) is 0 Å². The van der Waals surface area contributed by atoms with Gasteiger partial charge in [-0.2, -0.15) is 0 Å². The molecule has 1 N–H and O–H groups in total. The number of halogens is 1. The zero-order chi connectivity index (χ0) is 13.9. The molecule has 0 saturated heterocycles. The van der Waals surface area contributed by atoms with Gasteiger partial charge in [0.05, 0.1) is 5.54 Å². The van der Waals surface area contributed by atoms with Crippen molar-refractivity contribution in [3.8, 4) is 0 Å². The van der Waals surface area contributed by atoms with E-state index in [9.17, 15) is 4.79 Å². The lowest BCUT2D eigenvalue weighted by Crippen LogP contribution is -2.41. The second-order valence-corrected chi connectivity index (χ2v) is 6.25. The number of alkyl halides is 1. The number of thiophene rings is 1. The maximum atomic E-state index is 12.2. The Bertz CT molecular complexity index is 537. The zero-order valence-electron chi connectivity index (χ0n) is 10.9. The van der Waals surface area contributed by atoms with E-state index >= 15 is 0 Å². The highest BCUT2D eigenvalue weighted by Crippen LogP contribution is 2.27. The smallest absolute Gasteiger partial charge is 0.243 e. The van der Waals surface area contributed by atoms with Crippen molar-refractivity contribution in [3.63, 3.8) is 0 Å². The van der Waals surface area contributed by atoms with Crippen molar-refractivity contribution in [2.24, 2.45) is 0 Å². The summed E-state index contributed by atoms with van der Waals surface area (Å²) in [7, 11) is 0. The molecule has 0 aliphatic rings. The minimum Gasteiger partial charge on any atom is -0.345 e. The fourth-order valence-electron chi connectivity index (χ4n) is 1.84. The monoisotopic (exact) mass is 293 g/mol. The number of benzene rings is 1. The van der Waals surface area contributed by atoms with Crippen molar-refractivity contribution in [2.45, 2.75) is 24.8 Å². The molecule has 1 aromatic heterocycles. The van der Waals surface area contributed by atoms with Crippen molar-refractivity contribution in [1.82, 2.24) is 5.32 Å². The van der Waals surface area contributed by atoms with Gasteiger partial charge in [0, 0.05) is 4.88 Å². The lowest BCUT2D eigenvalue weighted by atomic mass is 10.0. The molecule has 1 amide bonds. The van der Waals surface area contributed by atoms with Gasteiger partial charge in [0.2, 0.25) is 5.91 Å². The largest absolute Gasteiger partial charge is 0.345 e. The number of hydrogen-bond acceptors (Lipinski definition) is 2. The summed E-state index contributed by atoms with van der Waals surface area (Å²) in [4.78, 5) is 13.3. The van der Waals surface area contributed by atoms with Crippen LogP contribution in [0.3, 0.4) is 0 Å². The Morgan fingerprint density at radius 3 is 2.47 bits per heavy atom. The molecule has 2 aromatic rings. The number of rotatable bonds is 4. The molecule has 0 spiro atoms. The van der Waals surface area contributed by atoms with E-state index in [1.165, 1.54) is 0 Å². The van der Waals surface area contributed by atoms with Crippen LogP contribution < -0.4 is 5.32 Å². The van der Waals surface area contributed by atoms with Crippen molar-refractivity contribution < 1.29 is 4.79 Å². The molecule has 2 rings (SSSR count). The van der Waals surface area contributed by atoms with Gasteiger partial charge in [-0.25, -0.2) is 0 Å². The first kappa shape index (κ1) is 14.1. The fourth-order valence-corrected chi connectivity index (χ4v) is 2.85. The van der Waals surface area contributed by atoms with E-state index in [0.717, 1.165) is 10.4 Å². The van der Waals surface area contributed by atoms with Gasteiger partial charge < -0.3 is 5.32 Å². The van der Waals surface area contributed by atoms with Gasteiger partial charge in [-0.1, -0.05) is 36.4 Å². The Kier molecular flexibility index (Phi) is 4.27. The normalized spacial score (nSPS) is 13.0. The number of carbonyl (C=O) groups is 1. The van der Waals surface area contributed by atoms with Crippen LogP contribution in [0.25, 0.3) is 0 Å². The van der Waals surface area contributed by atoms with E-state index in [1.54, 1.807) is 11.3 Å². The van der Waals surface area contributed by atoms with Crippen molar-refractivity contribution in [1.29, 1.82) is 0 Å². The topological polar surface area (TPSA) is 29.1 Å². The zero-order valence-corrected chi connectivity index (χ0v) is 12.5. The molecular formula is C15H16ClNOS. The summed E-state index contributed by atoms with van der Waals surface area (Å²) in [5, 5.41) is 4.33. The average Bonchev–Trinajstić information content (AvgIpc) is 2.93. The summed E-state index contributed by atoms with van der Waals surface area (Å²) in [6, 6.07) is 13.4. The summed E-state index contributed by atoms with van der Waals surface area (Å²) >= 11 is 7.84. The predicted molar refractivity (Wildman–Crippen MR) is 80.5 cm³/mol. The molecule has 0 aliphatic carbocycles. The number of carbonyl (C=O) groups excluding carboxylic acids is 1. The van der Waals surface area contributed by atoms with E-state index in [2.05, 4.69) is 5.32 Å². The van der Waals surface area contributed by atoms with Crippen molar-refractivity contribution >= 4 is 28.8 Å². The predicted octanol–water partition coefficient (Wildman–Crippen LogP) is 4.08. The minimum absolute atomic E-state index is 0.175. The Morgan fingerprint density at radius 1 is 1.21 bits per heavy atom. The lowest BCUT2D eigenvalue weighted by Gasteiger charge is -2.26. The van der Waals surface area contributed by atoms with E-state index in [0.29, 0.717) is 0 Å². The van der Waals surface area contributed by atoms with E-state index in [1.807, 2.05) is 61.7 Å². The quantitative estimate of drug-likeness (QED) is 0.846. The van der Waals surface area contributed by atoms with Gasteiger partial charge in [-0.15, -0.1) is 22.9 Å². The summed E-state index contributed by atoms with van der Waals surface area (Å²) in [6.45, 7) is 3.96. The molecular weight excluding hydrogens is 278 g/mol. The van der Waals surface area contributed by atoms with Crippen LogP contribution in [0.2, 0.25) is 0 Å². The van der Waals surface area contributed by atoms with Gasteiger partial charge in [0.1, 0.15) is 5.38 Å². The maximum Gasteiger partial charge on any atom is 0.243 e. The molecule has 1 aromatic carbocycles. The van der Waals surface area contributed by atoms with Crippen LogP contribution in [-0.4, -0.2) is 5.91 Å². The van der Waals surface area contributed by atoms with Gasteiger partial charge in [0.15, 0.2) is 0 Å². The lowest BCUT2D eigenvalue weighted by molar-refractivity contribution is -0.122. The second-order valence-electron chi connectivity index (χ2n) is 4.86. The van der Waals surface area contributed by atoms with Gasteiger partial charge in [-0.3, -0.25) is 4.79 Å². The maximum absolute atomic E-state index is 12.2. The highest BCUT2D eigenvalue weighted by molar-refractivity contribution is 7.10. The molecule has 0 radical (unpaired) electrons. The van der Waals surface area contributed by atoms with Crippen LogP contribution in [0.15, 0.2) is 47.8 Å². The molecule has 2 nitrogen and oxygen atoms in total. The minimum atomic E-state index is -0.666. The number of amides is 1. The Balaban J connectivity index is 2.09. The molecule has 1 atom stereocenters. The summed E-state index contributed by atoms with van der Waals surface area (Å²) in [5.74, 6) is -0.175. The Morgan fingerprint density at radius 2 is 1.89 bits per heavy atom. The van der Waals surface area contributed by atoms with E-state index in [4.69, 9.17) is 11.6 Å². The van der Waals surface area contributed by atoms with E-state index in [-0.39, 0.29) is 5.91 Å². The fraction of sp³-hybridized carbons (Fsp3) is 0.267. The summed E-state index contributed by atoms with van der Waals surface area (Å²) in [5.41, 5.74) is 0.399. The Labute approximate surface area is 122 Å². The SMILES string of the molecule is CC(C)(NC(=O)C(Cl)c1ccccc1)c1cccs1. The van der Waals surface area contributed by atoms with Crippen LogP contribution in [0.4, 0.5) is 0 Å². The highest BCUT2D eigenvalue weighted by Gasteiger charge is 2.27. The van der Waals surface area contributed by atoms with Crippen LogP contribution in [-0.2, 0) is 10.3 Å². The molecule has 4 heteroatoms. The van der Waals surface area contributed by atoms with Crippen LogP contribution in [0, 0.1) is 0 Å². The third kappa shape index (κ3) is 3.37. The molecule has 0 fully saturated rings. The standard InChI is InChI=1S/C15H16ClNOS/c1-15(2,12-9-6-10-19-12)17-14(18)13(16)11-7-4-3-5-8-11/h3-10,13H,1-2H3,(H,17,18).